The molecule has 0 radical (unpaired) electrons. The monoisotopic (exact) mass is 402 g/mol. The highest BCUT2D eigenvalue weighted by Gasteiger charge is 2.61. The van der Waals surface area contributed by atoms with E-state index in [1.54, 1.807) is 0 Å². The lowest BCUT2D eigenvalue weighted by Gasteiger charge is -2.59. The molecule has 29 heavy (non-hydrogen) atoms. The Morgan fingerprint density at radius 3 is 2.66 bits per heavy atom. The van der Waals surface area contributed by atoms with Crippen molar-refractivity contribution >= 4 is 5.71 Å². The van der Waals surface area contributed by atoms with Crippen LogP contribution in [0, 0.1) is 52.3 Å². The van der Waals surface area contributed by atoms with E-state index in [1.807, 2.05) is 0 Å². The van der Waals surface area contributed by atoms with Crippen LogP contribution in [0.4, 0.5) is 0 Å². The average molecular weight is 403 g/mol. The third kappa shape index (κ3) is 3.41. The van der Waals surface area contributed by atoms with Crippen LogP contribution in [0.3, 0.4) is 0 Å². The number of fused-ring (bicyclic) bond motifs is 5. The molecule has 0 aromatic heterocycles. The largest absolute Gasteiger partial charge is 0.411 e. The predicted octanol–water partition coefficient (Wildman–Crippen LogP) is 7.71. The Hall–Kier alpha value is -0.790. The molecule has 4 rings (SSSR count). The molecular weight excluding hydrogens is 354 g/mol. The van der Waals surface area contributed by atoms with E-state index in [0.717, 1.165) is 37.0 Å². The molecule has 0 saturated heterocycles. The fourth-order valence-corrected chi connectivity index (χ4v) is 8.48. The van der Waals surface area contributed by atoms with E-state index >= 15 is 0 Å². The second-order valence-corrected chi connectivity index (χ2v) is 11.7. The molecule has 0 unspecified atom stereocenters. The summed E-state index contributed by atoms with van der Waals surface area (Å²) in [6, 6.07) is 0.0910. The van der Waals surface area contributed by atoms with Gasteiger partial charge >= 0.3 is 0 Å². The summed E-state index contributed by atoms with van der Waals surface area (Å²) in [5, 5.41) is 13.5. The molecule has 0 spiro atoms. The third-order valence-corrected chi connectivity index (χ3v) is 10.0. The fourth-order valence-electron chi connectivity index (χ4n) is 8.48. The number of nitrogens with zero attached hydrogens (tertiary/aromatic N) is 1. The molecule has 0 aromatic carbocycles. The van der Waals surface area contributed by atoms with Gasteiger partial charge in [0.2, 0.25) is 0 Å². The molecule has 3 saturated carbocycles. The number of rotatable bonds is 5. The highest BCUT2D eigenvalue weighted by Crippen LogP contribution is 2.67. The average Bonchev–Trinajstić information content (AvgIpc) is 3.04. The number of hydrogen-bond acceptors (Lipinski definition) is 2. The van der Waals surface area contributed by atoms with Gasteiger partial charge in [-0.3, -0.25) is 0 Å². The smallest absolute Gasteiger partial charge is 0.0857 e. The highest BCUT2D eigenvalue weighted by molar-refractivity contribution is 6.00. The van der Waals surface area contributed by atoms with Gasteiger partial charge in [0.15, 0.2) is 0 Å². The quantitative estimate of drug-likeness (QED) is 0.370. The van der Waals surface area contributed by atoms with Gasteiger partial charge in [-0.2, -0.15) is 0 Å². The second kappa shape index (κ2) is 8.04. The summed E-state index contributed by atoms with van der Waals surface area (Å²) >= 11 is 0. The molecule has 3 fully saturated rings. The van der Waals surface area contributed by atoms with Gasteiger partial charge in [-0.15, -0.1) is 0 Å². The normalized spacial score (nSPS) is 50.0. The minimum atomic E-state index is -1.51. The van der Waals surface area contributed by atoms with E-state index < -0.39 is 11.8 Å². The van der Waals surface area contributed by atoms with E-state index in [1.165, 1.54) is 44.6 Å². The lowest BCUT2D eigenvalue weighted by atomic mass is 9.44. The Balaban J connectivity index is 1.59. The summed E-state index contributed by atoms with van der Waals surface area (Å²) in [5.41, 5.74) is 0.272. The van der Waals surface area contributed by atoms with Gasteiger partial charge < -0.3 is 5.21 Å². The first-order valence-corrected chi connectivity index (χ1v) is 12.4. The molecular formula is C27H45NO. The lowest BCUT2D eigenvalue weighted by Crippen LogP contribution is -2.55. The van der Waals surface area contributed by atoms with Crippen molar-refractivity contribution < 1.29 is 9.32 Å². The van der Waals surface area contributed by atoms with Crippen LogP contribution in [-0.4, -0.2) is 10.9 Å². The van der Waals surface area contributed by atoms with Gasteiger partial charge in [-0.25, -0.2) is 0 Å². The predicted molar refractivity (Wildman–Crippen MR) is 122 cm³/mol. The first-order chi connectivity index (χ1) is 15.0. The van der Waals surface area contributed by atoms with Gasteiger partial charge in [0.25, 0.3) is 0 Å². The zero-order chi connectivity index (χ0) is 23.5. The van der Waals surface area contributed by atoms with Crippen LogP contribution >= 0.6 is 0 Å². The van der Waals surface area contributed by atoms with Crippen LogP contribution in [0.25, 0.3) is 0 Å². The molecule has 0 aromatic rings. The molecule has 0 aliphatic heterocycles. The van der Waals surface area contributed by atoms with E-state index in [9.17, 15) is 5.21 Å². The van der Waals surface area contributed by atoms with E-state index in [0.29, 0.717) is 28.9 Å². The Bertz CT molecular complexity index is 777. The minimum Gasteiger partial charge on any atom is -0.411 e. The van der Waals surface area contributed by atoms with Crippen molar-refractivity contribution in [3.63, 3.8) is 0 Å². The summed E-state index contributed by atoms with van der Waals surface area (Å²) in [6.45, 7) is 11.8. The SMILES string of the molecule is [2H]C1=CC([2H])([2H])[C@@H]2CC[C@H]3[C@@H]4CC[C@H]([C@H](C)CCCC(C)C)[C@@]4(C)CC[C@@H]3[C@@]2(C)/C1=N/O. The molecule has 2 heteroatoms. The number of oxime groups is 1. The standard InChI is InChI=1S/C27H45NO/c1-18(2)8-6-9-19(3)22-14-15-23-21-13-12-20-10-7-11-25(28-29)27(20,5)24(21)16-17-26(22,23)4/h7,11,18-24,29H,6,8-10,12-17H2,1-5H3/b28-25+/t19-,20-,21+,22-,23+,24+,26-,27+/m1/s1/i10D2,11D. The van der Waals surface area contributed by atoms with Gasteiger partial charge in [0, 0.05) is 8.16 Å². The summed E-state index contributed by atoms with van der Waals surface area (Å²) in [5.74, 6) is 3.70. The van der Waals surface area contributed by atoms with Crippen LogP contribution in [0.5, 0.6) is 0 Å². The maximum absolute atomic E-state index is 9.91. The van der Waals surface area contributed by atoms with Gasteiger partial charge in [0.1, 0.15) is 0 Å². The highest BCUT2D eigenvalue weighted by atomic mass is 16.4. The van der Waals surface area contributed by atoms with Crippen LogP contribution in [-0.2, 0) is 0 Å². The number of allylic oxidation sites excluding steroid dienone is 2. The topological polar surface area (TPSA) is 32.6 Å². The summed E-state index contributed by atoms with van der Waals surface area (Å²) in [7, 11) is 0. The van der Waals surface area contributed by atoms with Crippen LogP contribution in [0.15, 0.2) is 17.3 Å². The van der Waals surface area contributed by atoms with E-state index in [4.69, 9.17) is 4.11 Å². The maximum Gasteiger partial charge on any atom is 0.0857 e. The number of hydrogen-bond donors (Lipinski definition) is 1. The van der Waals surface area contributed by atoms with Gasteiger partial charge in [0.05, 0.1) is 7.08 Å². The summed E-state index contributed by atoms with van der Waals surface area (Å²) in [6.07, 6.45) is 10.7. The third-order valence-electron chi connectivity index (χ3n) is 10.0. The minimum absolute atomic E-state index is 0.0910. The van der Waals surface area contributed by atoms with Crippen LogP contribution in [0.2, 0.25) is 0 Å². The molecule has 0 amide bonds. The van der Waals surface area contributed by atoms with Crippen molar-refractivity contribution in [1.82, 2.24) is 0 Å². The molecule has 164 valence electrons. The van der Waals surface area contributed by atoms with Crippen molar-refractivity contribution in [2.75, 3.05) is 0 Å². The Morgan fingerprint density at radius 1 is 1.14 bits per heavy atom. The fraction of sp³-hybridized carbons (Fsp3) is 0.889. The summed E-state index contributed by atoms with van der Waals surface area (Å²) < 4.78 is 25.8. The lowest BCUT2D eigenvalue weighted by molar-refractivity contribution is -0.0747. The molecule has 4 aliphatic carbocycles. The van der Waals surface area contributed by atoms with E-state index in [-0.39, 0.29) is 12.0 Å². The Morgan fingerprint density at radius 2 is 1.93 bits per heavy atom. The van der Waals surface area contributed by atoms with Gasteiger partial charge in [-0.1, -0.05) is 65.1 Å². The first kappa shape index (κ1) is 17.8. The first-order valence-electron chi connectivity index (χ1n) is 13.9. The maximum atomic E-state index is 9.91. The van der Waals surface area contributed by atoms with Crippen LogP contribution < -0.4 is 0 Å². The zero-order valence-electron chi connectivity index (χ0n) is 22.4. The summed E-state index contributed by atoms with van der Waals surface area (Å²) in [4.78, 5) is 0. The molecule has 0 heterocycles. The van der Waals surface area contributed by atoms with E-state index in [2.05, 4.69) is 39.8 Å². The van der Waals surface area contributed by atoms with Crippen molar-refractivity contribution in [1.29, 1.82) is 0 Å². The van der Waals surface area contributed by atoms with Crippen molar-refractivity contribution in [3.8, 4) is 0 Å². The Kier molecular flexibility index (Phi) is 4.95. The van der Waals surface area contributed by atoms with Crippen LogP contribution in [0.1, 0.15) is 103 Å². The van der Waals surface area contributed by atoms with Crippen molar-refractivity contribution in [2.24, 2.45) is 57.4 Å². The molecule has 4 aliphatic rings. The van der Waals surface area contributed by atoms with Crippen molar-refractivity contribution in [3.05, 3.63) is 12.1 Å². The molecule has 1 N–H and O–H groups in total. The van der Waals surface area contributed by atoms with Gasteiger partial charge in [-0.05, 0) is 97.8 Å². The molecule has 2 nitrogen and oxygen atoms in total. The Labute approximate surface area is 183 Å². The zero-order valence-corrected chi connectivity index (χ0v) is 19.4. The molecule has 0 bridgehead atoms. The molecule has 8 atom stereocenters. The van der Waals surface area contributed by atoms with Crippen molar-refractivity contribution in [2.45, 2.75) is 98.8 Å². The second-order valence-electron chi connectivity index (χ2n) is 11.7.